The number of fused-ring (bicyclic) bond motifs is 3. The third-order valence-electron chi connectivity index (χ3n) is 4.63. The molecule has 1 amide bonds. The largest absolute Gasteiger partial charge is 0.367 e. The normalized spacial score (nSPS) is 22.0. The van der Waals surface area contributed by atoms with Gasteiger partial charge in [-0.3, -0.25) is 4.79 Å². The highest BCUT2D eigenvalue weighted by Crippen LogP contribution is 2.38. The number of nitrogens with one attached hydrogen (secondary N) is 2. The van der Waals surface area contributed by atoms with Crippen molar-refractivity contribution >= 4 is 33.3 Å². The van der Waals surface area contributed by atoms with Gasteiger partial charge in [0.05, 0.1) is 5.39 Å². The van der Waals surface area contributed by atoms with Gasteiger partial charge in [0.2, 0.25) is 5.91 Å². The molecule has 1 atom stereocenters. The molecule has 5 nitrogen and oxygen atoms in total. The average Bonchev–Trinajstić information content (AvgIpc) is 2.80. The molecule has 0 unspecified atom stereocenters. The van der Waals surface area contributed by atoms with Gasteiger partial charge in [-0.2, -0.15) is 0 Å². The number of carbonyl (C=O) groups is 1. The summed E-state index contributed by atoms with van der Waals surface area (Å²) in [7, 11) is 0. The zero-order chi connectivity index (χ0) is 14.9. The van der Waals surface area contributed by atoms with Crippen LogP contribution in [0.5, 0.6) is 0 Å². The van der Waals surface area contributed by atoms with Crippen molar-refractivity contribution in [3.05, 3.63) is 16.8 Å². The lowest BCUT2D eigenvalue weighted by atomic mass is 9.97. The SMILES string of the molecule is O=C1CC[C@@H](Nc2ncnc3sc4c(c23)CCCC4)CCN1. The lowest BCUT2D eigenvalue weighted by Gasteiger charge is -2.18. The van der Waals surface area contributed by atoms with Crippen LogP contribution in [0.3, 0.4) is 0 Å². The zero-order valence-corrected chi connectivity index (χ0v) is 13.3. The highest BCUT2D eigenvalue weighted by molar-refractivity contribution is 7.19. The summed E-state index contributed by atoms with van der Waals surface area (Å²) in [5.74, 6) is 1.12. The first-order valence-corrected chi connectivity index (χ1v) is 8.91. The van der Waals surface area contributed by atoms with Crippen LogP contribution < -0.4 is 10.6 Å². The lowest BCUT2D eigenvalue weighted by molar-refractivity contribution is -0.120. The number of anilines is 1. The summed E-state index contributed by atoms with van der Waals surface area (Å²) in [5.41, 5.74) is 1.46. The highest BCUT2D eigenvalue weighted by Gasteiger charge is 2.22. The van der Waals surface area contributed by atoms with Crippen LogP contribution in [0.1, 0.15) is 42.5 Å². The second-order valence-corrected chi connectivity index (χ2v) is 7.22. The maximum atomic E-state index is 11.5. The number of hydrogen-bond donors (Lipinski definition) is 2. The van der Waals surface area contributed by atoms with E-state index in [4.69, 9.17) is 0 Å². The van der Waals surface area contributed by atoms with E-state index in [0.29, 0.717) is 12.5 Å². The third-order valence-corrected chi connectivity index (χ3v) is 5.83. The molecule has 2 aliphatic rings. The Morgan fingerprint density at radius 3 is 3.05 bits per heavy atom. The average molecular weight is 316 g/mol. The van der Waals surface area contributed by atoms with Crippen molar-refractivity contribution in [3.63, 3.8) is 0 Å². The maximum Gasteiger partial charge on any atom is 0.220 e. The summed E-state index contributed by atoms with van der Waals surface area (Å²) in [6.45, 7) is 0.743. The standard InChI is InChI=1S/C16H20N4OS/c21-13-6-5-10(7-8-17-13)20-15-14-11-3-1-2-4-12(11)22-16(14)19-9-18-15/h9-10H,1-8H2,(H,17,21)(H,18,19,20)/t10-/m1/s1. The molecule has 0 saturated carbocycles. The molecule has 0 bridgehead atoms. The second kappa shape index (κ2) is 5.83. The van der Waals surface area contributed by atoms with Crippen molar-refractivity contribution in [3.8, 4) is 0 Å². The number of carbonyl (C=O) groups excluding carboxylic acids is 1. The molecule has 1 fully saturated rings. The smallest absolute Gasteiger partial charge is 0.220 e. The molecule has 2 aromatic heterocycles. The van der Waals surface area contributed by atoms with E-state index in [9.17, 15) is 4.79 Å². The van der Waals surface area contributed by atoms with Crippen molar-refractivity contribution in [2.24, 2.45) is 0 Å². The van der Waals surface area contributed by atoms with E-state index >= 15 is 0 Å². The van der Waals surface area contributed by atoms with Crippen molar-refractivity contribution in [1.82, 2.24) is 15.3 Å². The van der Waals surface area contributed by atoms with Crippen molar-refractivity contribution in [2.75, 3.05) is 11.9 Å². The van der Waals surface area contributed by atoms with E-state index in [1.54, 1.807) is 6.33 Å². The first-order chi connectivity index (χ1) is 10.8. The molecule has 2 aromatic rings. The molecule has 6 heteroatoms. The Labute approximate surface area is 133 Å². The predicted octanol–water partition coefficient (Wildman–Crippen LogP) is 2.65. The second-order valence-electron chi connectivity index (χ2n) is 6.13. The summed E-state index contributed by atoms with van der Waals surface area (Å²) >= 11 is 1.82. The number of rotatable bonds is 2. The summed E-state index contributed by atoms with van der Waals surface area (Å²) in [6, 6.07) is 0.302. The van der Waals surface area contributed by atoms with E-state index in [2.05, 4.69) is 20.6 Å². The van der Waals surface area contributed by atoms with Gasteiger partial charge in [0, 0.05) is 23.9 Å². The van der Waals surface area contributed by atoms with E-state index < -0.39 is 0 Å². The van der Waals surface area contributed by atoms with Gasteiger partial charge in [0.1, 0.15) is 17.0 Å². The van der Waals surface area contributed by atoms with Crippen LogP contribution in [0.2, 0.25) is 0 Å². The minimum absolute atomic E-state index is 0.157. The molecule has 1 saturated heterocycles. The molecular formula is C16H20N4OS. The third kappa shape index (κ3) is 2.56. The molecule has 1 aliphatic heterocycles. The Hall–Kier alpha value is -1.69. The molecule has 1 aliphatic carbocycles. The Morgan fingerprint density at radius 1 is 1.18 bits per heavy atom. The van der Waals surface area contributed by atoms with Gasteiger partial charge in [-0.1, -0.05) is 0 Å². The van der Waals surface area contributed by atoms with Crippen LogP contribution >= 0.6 is 11.3 Å². The highest BCUT2D eigenvalue weighted by atomic mass is 32.1. The summed E-state index contributed by atoms with van der Waals surface area (Å²) in [6.07, 6.45) is 8.93. The Kier molecular flexibility index (Phi) is 3.70. The van der Waals surface area contributed by atoms with Crippen LogP contribution in [0.25, 0.3) is 10.2 Å². The minimum atomic E-state index is 0.157. The molecule has 2 N–H and O–H groups in total. The quantitative estimate of drug-likeness (QED) is 0.894. The van der Waals surface area contributed by atoms with Gasteiger partial charge in [0.15, 0.2) is 0 Å². The molecule has 4 rings (SSSR count). The fourth-order valence-corrected chi connectivity index (χ4v) is 4.69. The van der Waals surface area contributed by atoms with Crippen molar-refractivity contribution < 1.29 is 4.79 Å². The van der Waals surface area contributed by atoms with Gasteiger partial charge >= 0.3 is 0 Å². The van der Waals surface area contributed by atoms with E-state index in [1.807, 2.05) is 11.3 Å². The first kappa shape index (κ1) is 13.9. The van der Waals surface area contributed by atoms with Crippen molar-refractivity contribution in [2.45, 2.75) is 51.0 Å². The number of amides is 1. The van der Waals surface area contributed by atoms with Crippen LogP contribution in [0, 0.1) is 0 Å². The minimum Gasteiger partial charge on any atom is -0.367 e. The lowest BCUT2D eigenvalue weighted by Crippen LogP contribution is -2.23. The monoisotopic (exact) mass is 316 g/mol. The molecule has 0 aromatic carbocycles. The number of aromatic nitrogens is 2. The number of thiophene rings is 1. The summed E-state index contributed by atoms with van der Waals surface area (Å²) in [4.78, 5) is 23.1. The molecule has 0 spiro atoms. The molecule has 22 heavy (non-hydrogen) atoms. The molecule has 3 heterocycles. The first-order valence-electron chi connectivity index (χ1n) is 8.10. The topological polar surface area (TPSA) is 66.9 Å². The van der Waals surface area contributed by atoms with Gasteiger partial charge in [-0.05, 0) is 44.1 Å². The maximum absolute atomic E-state index is 11.5. The van der Waals surface area contributed by atoms with Gasteiger partial charge in [-0.25, -0.2) is 9.97 Å². The predicted molar refractivity (Wildman–Crippen MR) is 88.3 cm³/mol. The number of hydrogen-bond acceptors (Lipinski definition) is 5. The van der Waals surface area contributed by atoms with Gasteiger partial charge in [0.25, 0.3) is 0 Å². The van der Waals surface area contributed by atoms with Crippen LogP contribution in [-0.2, 0) is 17.6 Å². The number of aryl methyl sites for hydroxylation is 2. The molecular weight excluding hydrogens is 296 g/mol. The van der Waals surface area contributed by atoms with Crippen LogP contribution in [0.15, 0.2) is 6.33 Å². The zero-order valence-electron chi connectivity index (χ0n) is 12.5. The van der Waals surface area contributed by atoms with Gasteiger partial charge in [-0.15, -0.1) is 11.3 Å². The summed E-state index contributed by atoms with van der Waals surface area (Å²) in [5, 5.41) is 7.74. The fraction of sp³-hybridized carbons (Fsp3) is 0.562. The van der Waals surface area contributed by atoms with E-state index in [1.165, 1.54) is 35.1 Å². The molecule has 0 radical (unpaired) electrons. The fourth-order valence-electron chi connectivity index (χ4n) is 3.46. The Morgan fingerprint density at radius 2 is 2.09 bits per heavy atom. The number of nitrogens with zero attached hydrogens (tertiary/aromatic N) is 2. The summed E-state index contributed by atoms with van der Waals surface area (Å²) < 4.78 is 0. The Balaban J connectivity index is 1.66. The van der Waals surface area contributed by atoms with Crippen LogP contribution in [0.4, 0.5) is 5.82 Å². The van der Waals surface area contributed by atoms with Gasteiger partial charge < -0.3 is 10.6 Å². The van der Waals surface area contributed by atoms with Crippen molar-refractivity contribution in [1.29, 1.82) is 0 Å². The van der Waals surface area contributed by atoms with E-state index in [0.717, 1.165) is 36.5 Å². The Bertz CT molecular complexity index is 711. The molecule has 116 valence electrons. The van der Waals surface area contributed by atoms with E-state index in [-0.39, 0.29) is 5.91 Å². The van der Waals surface area contributed by atoms with Crippen LogP contribution in [-0.4, -0.2) is 28.5 Å².